The molecule has 14 heavy (non-hydrogen) atoms. The Morgan fingerprint density at radius 1 is 1.71 bits per heavy atom. The van der Waals surface area contributed by atoms with Gasteiger partial charge in [-0.2, -0.15) is 0 Å². The molecule has 1 heterocycles. The Morgan fingerprint density at radius 3 is 3.00 bits per heavy atom. The van der Waals surface area contributed by atoms with Crippen molar-refractivity contribution in [3.8, 4) is 0 Å². The van der Waals surface area contributed by atoms with Crippen molar-refractivity contribution in [2.24, 2.45) is 0 Å². The van der Waals surface area contributed by atoms with E-state index in [0.29, 0.717) is 5.69 Å². The van der Waals surface area contributed by atoms with Crippen LogP contribution in [0.15, 0.2) is 12.3 Å². The lowest BCUT2D eigenvalue weighted by atomic mass is 10.4. The second-order valence-electron chi connectivity index (χ2n) is 2.33. The van der Waals surface area contributed by atoms with Crippen molar-refractivity contribution in [3.05, 3.63) is 23.1 Å². The number of rotatable bonds is 2. The normalized spacial score (nSPS) is 10.4. The molecule has 0 aliphatic rings. The highest BCUT2D eigenvalue weighted by Gasteiger charge is 2.01. The highest BCUT2D eigenvalue weighted by atomic mass is 35.5. The number of halogens is 1. The van der Waals surface area contributed by atoms with Crippen molar-refractivity contribution in [2.45, 2.75) is 0 Å². The number of hydrogen-bond donors (Lipinski definition) is 1. The lowest BCUT2D eigenvalue weighted by molar-refractivity contribution is -0.134. The Labute approximate surface area is 85.6 Å². The molecule has 0 aromatic carbocycles. The summed E-state index contributed by atoms with van der Waals surface area (Å²) in [6.07, 6.45) is 3.95. The van der Waals surface area contributed by atoms with E-state index >= 15 is 0 Å². The lowest BCUT2D eigenvalue weighted by Crippen LogP contribution is -1.96. The smallest absolute Gasteiger partial charge is 0.330 e. The fraction of sp³-hybridized carbons (Fsp3) is 0.125. The van der Waals surface area contributed by atoms with E-state index in [4.69, 9.17) is 17.3 Å². The number of esters is 1. The summed E-state index contributed by atoms with van der Waals surface area (Å²) in [6.45, 7) is 0. The van der Waals surface area contributed by atoms with Crippen LogP contribution < -0.4 is 5.73 Å². The summed E-state index contributed by atoms with van der Waals surface area (Å²) in [6, 6.07) is 0. The second kappa shape index (κ2) is 4.57. The maximum atomic E-state index is 10.7. The Morgan fingerprint density at radius 2 is 2.43 bits per heavy atom. The van der Waals surface area contributed by atoms with Gasteiger partial charge in [-0.05, 0) is 6.08 Å². The Kier molecular flexibility index (Phi) is 3.41. The van der Waals surface area contributed by atoms with E-state index in [1.807, 2.05) is 0 Å². The summed E-state index contributed by atoms with van der Waals surface area (Å²) < 4.78 is 4.39. The van der Waals surface area contributed by atoms with Crippen LogP contribution in [0.25, 0.3) is 6.08 Å². The average Bonchev–Trinajstić information content (AvgIpc) is 2.16. The van der Waals surface area contributed by atoms with Crippen molar-refractivity contribution in [2.75, 3.05) is 12.8 Å². The number of aromatic nitrogens is 2. The zero-order valence-electron chi connectivity index (χ0n) is 7.40. The van der Waals surface area contributed by atoms with Crippen molar-refractivity contribution < 1.29 is 9.53 Å². The van der Waals surface area contributed by atoms with Crippen molar-refractivity contribution in [3.63, 3.8) is 0 Å². The first-order chi connectivity index (χ1) is 6.63. The maximum absolute atomic E-state index is 10.7. The molecule has 0 amide bonds. The second-order valence-corrected chi connectivity index (χ2v) is 2.69. The number of anilines is 1. The fourth-order valence-electron chi connectivity index (χ4n) is 0.715. The zero-order chi connectivity index (χ0) is 10.6. The van der Waals surface area contributed by atoms with Gasteiger partial charge in [0.25, 0.3) is 0 Å². The molecule has 0 saturated carbocycles. The van der Waals surface area contributed by atoms with Crippen LogP contribution in [-0.2, 0) is 9.53 Å². The molecule has 0 atom stereocenters. The molecule has 6 heteroatoms. The number of ether oxygens (including phenoxy) is 1. The van der Waals surface area contributed by atoms with Gasteiger partial charge in [-0.3, -0.25) is 0 Å². The molecular formula is C8H8ClN3O2. The Balaban J connectivity index is 2.87. The predicted octanol–water partition coefficient (Wildman–Crippen LogP) is 0.898. The van der Waals surface area contributed by atoms with E-state index < -0.39 is 5.97 Å². The Bertz CT molecular complexity index is 379. The quantitative estimate of drug-likeness (QED) is 0.583. The maximum Gasteiger partial charge on any atom is 0.330 e. The van der Waals surface area contributed by atoms with Gasteiger partial charge in [-0.1, -0.05) is 11.6 Å². The van der Waals surface area contributed by atoms with E-state index in [1.54, 1.807) is 0 Å². The van der Waals surface area contributed by atoms with Crippen molar-refractivity contribution in [1.29, 1.82) is 0 Å². The van der Waals surface area contributed by atoms with Crippen LogP contribution in [0.2, 0.25) is 5.15 Å². The Hall–Kier alpha value is -1.62. The molecule has 0 aliphatic carbocycles. The van der Waals surface area contributed by atoms with Crippen LogP contribution in [0, 0.1) is 0 Å². The molecule has 1 rings (SSSR count). The van der Waals surface area contributed by atoms with E-state index in [2.05, 4.69) is 14.7 Å². The number of methoxy groups -OCH3 is 1. The average molecular weight is 214 g/mol. The van der Waals surface area contributed by atoms with Crippen LogP contribution >= 0.6 is 11.6 Å². The van der Waals surface area contributed by atoms with Gasteiger partial charge < -0.3 is 10.5 Å². The molecule has 0 spiro atoms. The van der Waals surface area contributed by atoms with Gasteiger partial charge in [0.2, 0.25) is 0 Å². The molecule has 0 saturated heterocycles. The predicted molar refractivity (Wildman–Crippen MR) is 52.5 cm³/mol. The monoisotopic (exact) mass is 213 g/mol. The molecule has 0 radical (unpaired) electrons. The molecule has 0 fully saturated rings. The number of nitrogen functional groups attached to an aromatic ring is 1. The van der Waals surface area contributed by atoms with Gasteiger partial charge in [0.15, 0.2) is 5.15 Å². The number of hydrogen-bond acceptors (Lipinski definition) is 5. The first-order valence-corrected chi connectivity index (χ1v) is 4.05. The minimum atomic E-state index is -0.486. The van der Waals surface area contributed by atoms with Crippen LogP contribution in [0.1, 0.15) is 5.69 Å². The first-order valence-electron chi connectivity index (χ1n) is 3.67. The van der Waals surface area contributed by atoms with Crippen molar-refractivity contribution in [1.82, 2.24) is 9.97 Å². The van der Waals surface area contributed by atoms with Gasteiger partial charge >= 0.3 is 5.97 Å². The van der Waals surface area contributed by atoms with Gasteiger partial charge in [0.05, 0.1) is 13.3 Å². The molecule has 1 aromatic rings. The summed E-state index contributed by atoms with van der Waals surface area (Å²) in [5, 5.41) is 0.144. The van der Waals surface area contributed by atoms with Gasteiger partial charge in [-0.25, -0.2) is 14.8 Å². The van der Waals surface area contributed by atoms with Gasteiger partial charge in [0.1, 0.15) is 11.5 Å². The third-order valence-electron chi connectivity index (χ3n) is 1.35. The molecule has 0 unspecified atom stereocenters. The van der Waals surface area contributed by atoms with E-state index in [9.17, 15) is 4.79 Å². The fourth-order valence-corrected chi connectivity index (χ4v) is 0.925. The van der Waals surface area contributed by atoms with Gasteiger partial charge in [0, 0.05) is 6.08 Å². The molecule has 1 aromatic heterocycles. The molecule has 0 aliphatic heterocycles. The van der Waals surface area contributed by atoms with Crippen LogP contribution in [0.5, 0.6) is 0 Å². The minimum absolute atomic E-state index is 0.144. The number of nitrogens with two attached hydrogens (primary N) is 1. The SMILES string of the molecule is COC(=O)C=Cc1ncc(N)nc1Cl. The standard InChI is InChI=1S/C8H8ClN3O2/c1-14-7(13)3-2-5-8(9)12-6(10)4-11-5/h2-4H,1H3,(H2,10,12). The van der Waals surface area contributed by atoms with E-state index in [-0.39, 0.29) is 11.0 Å². The number of carbonyl (C=O) groups excluding carboxylic acids is 1. The largest absolute Gasteiger partial charge is 0.466 e. The lowest BCUT2D eigenvalue weighted by Gasteiger charge is -1.97. The molecule has 74 valence electrons. The highest BCUT2D eigenvalue weighted by molar-refractivity contribution is 6.30. The third-order valence-corrected chi connectivity index (χ3v) is 1.63. The minimum Gasteiger partial charge on any atom is -0.466 e. The summed E-state index contributed by atoms with van der Waals surface area (Å²) in [4.78, 5) is 18.4. The third kappa shape index (κ3) is 2.70. The summed E-state index contributed by atoms with van der Waals surface area (Å²) in [7, 11) is 1.28. The van der Waals surface area contributed by atoms with Crippen LogP contribution in [-0.4, -0.2) is 23.0 Å². The van der Waals surface area contributed by atoms with Gasteiger partial charge in [-0.15, -0.1) is 0 Å². The molecule has 0 bridgehead atoms. The summed E-state index contributed by atoms with van der Waals surface area (Å²) in [5.41, 5.74) is 5.70. The zero-order valence-corrected chi connectivity index (χ0v) is 8.15. The summed E-state index contributed by atoms with van der Waals surface area (Å²) >= 11 is 5.70. The number of carbonyl (C=O) groups is 1. The number of nitrogens with zero attached hydrogens (tertiary/aromatic N) is 2. The topological polar surface area (TPSA) is 78.1 Å². The summed E-state index contributed by atoms with van der Waals surface area (Å²) in [5.74, 6) is -0.259. The molecule has 5 nitrogen and oxygen atoms in total. The molecule has 2 N–H and O–H groups in total. The van der Waals surface area contributed by atoms with Crippen LogP contribution in [0.4, 0.5) is 5.82 Å². The van der Waals surface area contributed by atoms with Crippen LogP contribution in [0.3, 0.4) is 0 Å². The van der Waals surface area contributed by atoms with E-state index in [0.717, 1.165) is 0 Å². The van der Waals surface area contributed by atoms with E-state index in [1.165, 1.54) is 25.5 Å². The molecular weight excluding hydrogens is 206 g/mol. The highest BCUT2D eigenvalue weighted by Crippen LogP contribution is 2.12. The van der Waals surface area contributed by atoms with Crippen molar-refractivity contribution >= 4 is 29.5 Å². The first kappa shape index (κ1) is 10.5.